The Morgan fingerprint density at radius 2 is 1.94 bits per heavy atom. The molecule has 0 aromatic heterocycles. The highest BCUT2D eigenvalue weighted by Crippen LogP contribution is 2.24. The van der Waals surface area contributed by atoms with Crippen molar-refractivity contribution in [2.24, 2.45) is 5.73 Å². The lowest BCUT2D eigenvalue weighted by Crippen LogP contribution is -2.54. The van der Waals surface area contributed by atoms with Crippen LogP contribution in [0.5, 0.6) is 0 Å². The Balaban J connectivity index is 2.13. The Labute approximate surface area is 199 Å². The topological polar surface area (TPSA) is 131 Å². The van der Waals surface area contributed by atoms with Crippen LogP contribution in [0.4, 0.5) is 0 Å². The molecule has 1 fully saturated rings. The highest BCUT2D eigenvalue weighted by atomic mass is 32.2. The van der Waals surface area contributed by atoms with Gasteiger partial charge in [0, 0.05) is 19.0 Å². The molecule has 1 aliphatic rings. The Kier molecular flexibility index (Phi) is 10.7. The van der Waals surface area contributed by atoms with E-state index in [-0.39, 0.29) is 36.7 Å². The standard InChI is InChI=1S/C23H34N4O5S/c1-15-13-18(26-21(29)17(24)10-12-33-3)23(31)27(15)19(14-16-7-5-4-6-8-16)22(30)25-11-9-20(28)32-2/h4-8,15,17-19H,9-14,24H2,1-3H3,(H,25,30)(H,26,29)/t15?,17-,18?,19-/m0/s1. The minimum absolute atomic E-state index is 0.0381. The minimum Gasteiger partial charge on any atom is -0.469 e. The third-order valence-corrected chi connectivity index (χ3v) is 6.30. The lowest BCUT2D eigenvalue weighted by Gasteiger charge is -2.31. The highest BCUT2D eigenvalue weighted by molar-refractivity contribution is 7.98. The molecule has 1 aliphatic heterocycles. The summed E-state index contributed by atoms with van der Waals surface area (Å²) in [4.78, 5) is 51.7. The quantitative estimate of drug-likeness (QED) is 0.372. The van der Waals surface area contributed by atoms with Crippen LogP contribution in [0.25, 0.3) is 0 Å². The Bertz CT molecular complexity index is 822. The molecule has 1 heterocycles. The number of benzene rings is 1. The van der Waals surface area contributed by atoms with E-state index in [1.807, 2.05) is 43.5 Å². The maximum atomic E-state index is 13.3. The Hall–Kier alpha value is -2.59. The molecule has 1 saturated heterocycles. The van der Waals surface area contributed by atoms with E-state index in [9.17, 15) is 19.2 Å². The molecule has 0 saturated carbocycles. The van der Waals surface area contributed by atoms with Gasteiger partial charge in [-0.3, -0.25) is 19.2 Å². The van der Waals surface area contributed by atoms with Gasteiger partial charge in [-0.25, -0.2) is 0 Å². The van der Waals surface area contributed by atoms with Gasteiger partial charge in [0.05, 0.1) is 19.6 Å². The van der Waals surface area contributed by atoms with Crippen molar-refractivity contribution in [2.45, 2.75) is 56.8 Å². The zero-order chi connectivity index (χ0) is 24.4. The van der Waals surface area contributed by atoms with Gasteiger partial charge < -0.3 is 26.0 Å². The van der Waals surface area contributed by atoms with Crippen LogP contribution in [0.2, 0.25) is 0 Å². The fourth-order valence-electron chi connectivity index (χ4n) is 3.85. The first kappa shape index (κ1) is 26.7. The average Bonchev–Trinajstić information content (AvgIpc) is 3.08. The molecular formula is C23H34N4O5S. The van der Waals surface area contributed by atoms with E-state index >= 15 is 0 Å². The summed E-state index contributed by atoms with van der Waals surface area (Å²) >= 11 is 1.60. The first-order chi connectivity index (χ1) is 15.8. The zero-order valence-corrected chi connectivity index (χ0v) is 20.2. The number of likely N-dealkylation sites (tertiary alicyclic amines) is 1. The molecule has 3 amide bonds. The molecular weight excluding hydrogens is 444 g/mol. The minimum atomic E-state index is -0.778. The summed E-state index contributed by atoms with van der Waals surface area (Å²) in [5.74, 6) is -0.705. The molecule has 2 rings (SSSR count). The van der Waals surface area contributed by atoms with Crippen LogP contribution < -0.4 is 16.4 Å². The molecule has 182 valence electrons. The summed E-state index contributed by atoms with van der Waals surface area (Å²) in [6, 6.07) is 6.96. The SMILES string of the molecule is COC(=O)CCNC(=O)[C@H](Cc1ccccc1)N1C(=O)C(NC(=O)[C@@H](N)CCSC)CC1C. The highest BCUT2D eigenvalue weighted by Gasteiger charge is 2.44. The van der Waals surface area contributed by atoms with Crippen molar-refractivity contribution in [3.05, 3.63) is 35.9 Å². The lowest BCUT2D eigenvalue weighted by molar-refractivity contribution is -0.142. The molecule has 2 unspecified atom stereocenters. The summed E-state index contributed by atoms with van der Waals surface area (Å²) < 4.78 is 4.61. The maximum Gasteiger partial charge on any atom is 0.307 e. The van der Waals surface area contributed by atoms with Crippen LogP contribution in [0.15, 0.2) is 30.3 Å². The number of nitrogens with zero attached hydrogens (tertiary/aromatic N) is 1. The number of nitrogens with one attached hydrogen (secondary N) is 2. The van der Waals surface area contributed by atoms with Crippen LogP contribution in [-0.2, 0) is 30.3 Å². The van der Waals surface area contributed by atoms with Gasteiger partial charge in [-0.15, -0.1) is 0 Å². The first-order valence-corrected chi connectivity index (χ1v) is 12.4. The predicted octanol–water partition coefficient (Wildman–Crippen LogP) is 0.463. The van der Waals surface area contributed by atoms with Crippen LogP contribution in [0.1, 0.15) is 31.7 Å². The summed E-state index contributed by atoms with van der Waals surface area (Å²) in [5, 5.41) is 5.50. The number of ether oxygens (including phenoxy) is 1. The number of nitrogens with two attached hydrogens (primary N) is 1. The van der Waals surface area contributed by atoms with Crippen LogP contribution >= 0.6 is 11.8 Å². The fourth-order valence-corrected chi connectivity index (χ4v) is 4.34. The van der Waals surface area contributed by atoms with Gasteiger partial charge in [0.2, 0.25) is 17.7 Å². The van der Waals surface area contributed by atoms with E-state index in [1.165, 1.54) is 7.11 Å². The number of hydrogen-bond donors (Lipinski definition) is 3. The van der Waals surface area contributed by atoms with Gasteiger partial charge in [-0.2, -0.15) is 11.8 Å². The predicted molar refractivity (Wildman–Crippen MR) is 127 cm³/mol. The number of thioether (sulfide) groups is 1. The van der Waals surface area contributed by atoms with Crippen molar-refractivity contribution in [3.8, 4) is 0 Å². The van der Waals surface area contributed by atoms with Crippen LogP contribution in [-0.4, -0.2) is 78.4 Å². The van der Waals surface area contributed by atoms with E-state index in [1.54, 1.807) is 16.7 Å². The summed E-state index contributed by atoms with van der Waals surface area (Å²) in [5.41, 5.74) is 6.85. The van der Waals surface area contributed by atoms with E-state index in [4.69, 9.17) is 5.73 Å². The monoisotopic (exact) mass is 478 g/mol. The summed E-state index contributed by atoms with van der Waals surface area (Å²) in [6.07, 6.45) is 3.20. The smallest absolute Gasteiger partial charge is 0.307 e. The number of carbonyl (C=O) groups excluding carboxylic acids is 4. The molecule has 33 heavy (non-hydrogen) atoms. The van der Waals surface area contributed by atoms with Crippen LogP contribution in [0.3, 0.4) is 0 Å². The normalized spacial score (nSPS) is 19.6. The van der Waals surface area contributed by atoms with Crippen molar-refractivity contribution in [3.63, 3.8) is 0 Å². The Morgan fingerprint density at radius 1 is 1.24 bits per heavy atom. The third-order valence-electron chi connectivity index (χ3n) is 5.66. The van der Waals surface area contributed by atoms with Gasteiger partial charge in [0.15, 0.2) is 0 Å². The number of esters is 1. The molecule has 10 heteroatoms. The van der Waals surface area contributed by atoms with Crippen LogP contribution in [0, 0.1) is 0 Å². The first-order valence-electron chi connectivity index (χ1n) is 11.0. The number of rotatable bonds is 12. The molecule has 0 aliphatic carbocycles. The van der Waals surface area contributed by atoms with E-state index < -0.39 is 24.1 Å². The van der Waals surface area contributed by atoms with Gasteiger partial charge >= 0.3 is 5.97 Å². The third kappa shape index (κ3) is 7.75. The number of methoxy groups -OCH3 is 1. The fraction of sp³-hybridized carbons (Fsp3) is 0.565. The molecule has 0 radical (unpaired) electrons. The second kappa shape index (κ2) is 13.2. The molecule has 4 atom stereocenters. The number of carbonyl (C=O) groups is 4. The van der Waals surface area contributed by atoms with Gasteiger partial charge in [0.1, 0.15) is 12.1 Å². The van der Waals surface area contributed by atoms with Crippen molar-refractivity contribution in [1.29, 1.82) is 0 Å². The molecule has 0 bridgehead atoms. The molecule has 9 nitrogen and oxygen atoms in total. The molecule has 1 aromatic carbocycles. The summed E-state index contributed by atoms with van der Waals surface area (Å²) in [7, 11) is 1.29. The van der Waals surface area contributed by atoms with Crippen molar-refractivity contribution < 1.29 is 23.9 Å². The second-order valence-electron chi connectivity index (χ2n) is 8.10. The molecule has 0 spiro atoms. The zero-order valence-electron chi connectivity index (χ0n) is 19.4. The van der Waals surface area contributed by atoms with E-state index in [2.05, 4.69) is 15.4 Å². The molecule has 1 aromatic rings. The number of amides is 3. The van der Waals surface area contributed by atoms with Crippen molar-refractivity contribution in [1.82, 2.24) is 15.5 Å². The summed E-state index contributed by atoms with van der Waals surface area (Å²) in [6.45, 7) is 1.97. The van der Waals surface area contributed by atoms with Gasteiger partial charge in [0.25, 0.3) is 0 Å². The lowest BCUT2D eigenvalue weighted by atomic mass is 10.0. The molecule has 4 N–H and O–H groups in total. The number of hydrogen-bond acceptors (Lipinski definition) is 7. The van der Waals surface area contributed by atoms with E-state index in [0.717, 1.165) is 11.3 Å². The van der Waals surface area contributed by atoms with Gasteiger partial charge in [-0.05, 0) is 37.3 Å². The Morgan fingerprint density at radius 3 is 2.58 bits per heavy atom. The second-order valence-corrected chi connectivity index (χ2v) is 9.09. The average molecular weight is 479 g/mol. The van der Waals surface area contributed by atoms with E-state index in [0.29, 0.717) is 19.3 Å². The largest absolute Gasteiger partial charge is 0.469 e. The van der Waals surface area contributed by atoms with Crippen molar-refractivity contribution >= 4 is 35.5 Å². The van der Waals surface area contributed by atoms with Gasteiger partial charge in [-0.1, -0.05) is 30.3 Å². The maximum absolute atomic E-state index is 13.3. The van der Waals surface area contributed by atoms with Crippen molar-refractivity contribution in [2.75, 3.05) is 25.7 Å².